The molecule has 8 nitrogen and oxygen atoms in total. The lowest BCUT2D eigenvalue weighted by Gasteiger charge is -2.28. The maximum Gasteiger partial charge on any atom is 0.254 e. The summed E-state index contributed by atoms with van der Waals surface area (Å²) in [6, 6.07) is 8.09. The van der Waals surface area contributed by atoms with Gasteiger partial charge in [0, 0.05) is 50.8 Å². The van der Waals surface area contributed by atoms with Gasteiger partial charge in [-0.2, -0.15) is 0 Å². The molecule has 0 bridgehead atoms. The summed E-state index contributed by atoms with van der Waals surface area (Å²) in [6.45, 7) is 4.24. The van der Waals surface area contributed by atoms with E-state index in [0.717, 1.165) is 49.4 Å². The van der Waals surface area contributed by atoms with Crippen LogP contribution in [-0.4, -0.2) is 65.1 Å². The predicted molar refractivity (Wildman–Crippen MR) is 119 cm³/mol. The molecule has 1 amide bonds. The molecule has 0 saturated carbocycles. The standard InChI is InChI=1S/C24H30N4O4/c1-31-18-6-4-16(5-7-18)13-27-10-9-19-20(15-27)25-22(26-23(19)29)17-8-11-28(14-17)24(30)21-3-2-12-32-21/h4-7,17,21H,2-3,8-15H2,1H3,(H,25,26,29)/t17-,21-/m1/s1. The third-order valence-electron chi connectivity index (χ3n) is 6.83. The number of carbonyl (C=O) groups is 1. The van der Waals surface area contributed by atoms with E-state index in [2.05, 4.69) is 22.0 Å². The number of likely N-dealkylation sites (tertiary alicyclic amines) is 1. The van der Waals surface area contributed by atoms with Gasteiger partial charge in [-0.15, -0.1) is 0 Å². The summed E-state index contributed by atoms with van der Waals surface area (Å²) in [5, 5.41) is 0. The Balaban J connectivity index is 1.27. The number of nitrogens with one attached hydrogen (secondary N) is 1. The average molecular weight is 439 g/mol. The summed E-state index contributed by atoms with van der Waals surface area (Å²) in [5.41, 5.74) is 2.84. The first-order valence-electron chi connectivity index (χ1n) is 11.5. The highest BCUT2D eigenvalue weighted by atomic mass is 16.5. The Morgan fingerprint density at radius 1 is 1.25 bits per heavy atom. The number of benzene rings is 1. The molecule has 5 rings (SSSR count). The van der Waals surface area contributed by atoms with E-state index in [1.807, 2.05) is 17.0 Å². The topological polar surface area (TPSA) is 87.8 Å². The zero-order chi connectivity index (χ0) is 22.1. The molecule has 3 aliphatic rings. The van der Waals surface area contributed by atoms with Crippen molar-refractivity contribution in [2.24, 2.45) is 0 Å². The number of aromatic nitrogens is 2. The van der Waals surface area contributed by atoms with Crippen LogP contribution in [0.2, 0.25) is 0 Å². The van der Waals surface area contributed by atoms with E-state index in [0.29, 0.717) is 38.5 Å². The van der Waals surface area contributed by atoms with Crippen LogP contribution in [0.5, 0.6) is 5.75 Å². The number of aromatic amines is 1. The molecule has 0 spiro atoms. The Hall–Kier alpha value is -2.71. The maximum absolute atomic E-state index is 12.8. The zero-order valence-electron chi connectivity index (χ0n) is 18.5. The lowest BCUT2D eigenvalue weighted by molar-refractivity contribution is -0.139. The molecule has 2 aromatic rings. The van der Waals surface area contributed by atoms with Crippen LogP contribution in [0.15, 0.2) is 29.1 Å². The number of hydrogen-bond donors (Lipinski definition) is 1. The number of hydrogen-bond acceptors (Lipinski definition) is 6. The van der Waals surface area contributed by atoms with E-state index in [1.165, 1.54) is 5.56 Å². The highest BCUT2D eigenvalue weighted by molar-refractivity contribution is 5.81. The molecule has 8 heteroatoms. The fourth-order valence-corrected chi connectivity index (χ4v) is 4.99. The zero-order valence-corrected chi connectivity index (χ0v) is 18.5. The second-order valence-corrected chi connectivity index (χ2v) is 8.96. The second kappa shape index (κ2) is 9.03. The van der Waals surface area contributed by atoms with Gasteiger partial charge in [-0.25, -0.2) is 4.98 Å². The normalized spacial score (nSPS) is 23.3. The monoisotopic (exact) mass is 438 g/mol. The van der Waals surface area contributed by atoms with Crippen LogP contribution < -0.4 is 10.3 Å². The number of ether oxygens (including phenoxy) is 2. The summed E-state index contributed by atoms with van der Waals surface area (Å²) < 4.78 is 10.8. The van der Waals surface area contributed by atoms with Crippen molar-refractivity contribution >= 4 is 5.91 Å². The van der Waals surface area contributed by atoms with Crippen LogP contribution in [0, 0.1) is 0 Å². The van der Waals surface area contributed by atoms with Crippen LogP contribution in [0.25, 0.3) is 0 Å². The number of methoxy groups -OCH3 is 1. The molecule has 0 radical (unpaired) electrons. The molecule has 32 heavy (non-hydrogen) atoms. The van der Waals surface area contributed by atoms with Crippen molar-refractivity contribution in [3.05, 3.63) is 57.3 Å². The summed E-state index contributed by atoms with van der Waals surface area (Å²) in [4.78, 5) is 37.5. The summed E-state index contributed by atoms with van der Waals surface area (Å²) in [5.74, 6) is 1.70. The van der Waals surface area contributed by atoms with Crippen molar-refractivity contribution in [3.8, 4) is 5.75 Å². The lowest BCUT2D eigenvalue weighted by atomic mass is 10.0. The minimum atomic E-state index is -0.296. The van der Waals surface area contributed by atoms with Gasteiger partial charge in [-0.05, 0) is 43.4 Å². The Morgan fingerprint density at radius 3 is 2.84 bits per heavy atom. The molecule has 2 fully saturated rings. The van der Waals surface area contributed by atoms with Crippen LogP contribution in [0.1, 0.15) is 47.8 Å². The Morgan fingerprint density at radius 2 is 2.09 bits per heavy atom. The van der Waals surface area contributed by atoms with E-state index in [1.54, 1.807) is 7.11 Å². The quantitative estimate of drug-likeness (QED) is 0.766. The average Bonchev–Trinajstić information content (AvgIpc) is 3.52. The Labute approximate surface area is 187 Å². The van der Waals surface area contributed by atoms with Crippen molar-refractivity contribution in [1.82, 2.24) is 19.8 Å². The van der Waals surface area contributed by atoms with E-state index in [-0.39, 0.29) is 23.5 Å². The van der Waals surface area contributed by atoms with Gasteiger partial charge < -0.3 is 19.4 Å². The second-order valence-electron chi connectivity index (χ2n) is 8.96. The van der Waals surface area contributed by atoms with Crippen molar-refractivity contribution in [2.45, 2.75) is 50.8 Å². The smallest absolute Gasteiger partial charge is 0.254 e. The minimum Gasteiger partial charge on any atom is -0.497 e. The first kappa shape index (κ1) is 21.2. The SMILES string of the molecule is COc1ccc(CN2CCc3c(nc([C@@H]4CCN(C(=O)[C@H]5CCCO5)C4)[nH]c3=O)C2)cc1. The number of carbonyl (C=O) groups excluding carboxylic acids is 1. The third-order valence-corrected chi connectivity index (χ3v) is 6.83. The third kappa shape index (κ3) is 4.29. The highest BCUT2D eigenvalue weighted by Gasteiger charge is 2.35. The number of nitrogens with zero attached hydrogens (tertiary/aromatic N) is 3. The van der Waals surface area contributed by atoms with Crippen molar-refractivity contribution in [2.75, 3.05) is 33.4 Å². The number of H-pyrrole nitrogens is 1. The lowest BCUT2D eigenvalue weighted by Crippen LogP contribution is -2.38. The maximum atomic E-state index is 12.8. The molecule has 1 N–H and O–H groups in total. The van der Waals surface area contributed by atoms with Gasteiger partial charge in [-0.1, -0.05) is 12.1 Å². The molecule has 2 saturated heterocycles. The molecule has 2 atom stereocenters. The first-order chi connectivity index (χ1) is 15.6. The minimum absolute atomic E-state index is 0.0296. The highest BCUT2D eigenvalue weighted by Crippen LogP contribution is 2.28. The summed E-state index contributed by atoms with van der Waals surface area (Å²) >= 11 is 0. The largest absolute Gasteiger partial charge is 0.497 e. The van der Waals surface area contributed by atoms with Crippen LogP contribution in [-0.2, 0) is 29.0 Å². The fourth-order valence-electron chi connectivity index (χ4n) is 4.99. The molecular formula is C24H30N4O4. The fraction of sp³-hybridized carbons (Fsp3) is 0.542. The van der Waals surface area contributed by atoms with Gasteiger partial charge in [0.25, 0.3) is 11.5 Å². The first-order valence-corrected chi connectivity index (χ1v) is 11.5. The molecule has 1 aromatic carbocycles. The molecular weight excluding hydrogens is 408 g/mol. The molecule has 0 aliphatic carbocycles. The van der Waals surface area contributed by atoms with Crippen molar-refractivity contribution in [3.63, 3.8) is 0 Å². The summed E-state index contributed by atoms with van der Waals surface area (Å²) in [6.07, 6.45) is 2.96. The van der Waals surface area contributed by atoms with Crippen molar-refractivity contribution in [1.29, 1.82) is 0 Å². The van der Waals surface area contributed by atoms with Gasteiger partial charge in [0.15, 0.2) is 0 Å². The van der Waals surface area contributed by atoms with Gasteiger partial charge in [0.2, 0.25) is 0 Å². The molecule has 170 valence electrons. The molecule has 0 unspecified atom stereocenters. The number of amides is 1. The number of rotatable bonds is 5. The van der Waals surface area contributed by atoms with Crippen molar-refractivity contribution < 1.29 is 14.3 Å². The van der Waals surface area contributed by atoms with E-state index in [9.17, 15) is 9.59 Å². The Bertz CT molecular complexity index is 1030. The van der Waals surface area contributed by atoms with Gasteiger partial charge in [0.05, 0.1) is 12.8 Å². The summed E-state index contributed by atoms with van der Waals surface area (Å²) in [7, 11) is 1.67. The van der Waals surface area contributed by atoms with Gasteiger partial charge in [-0.3, -0.25) is 14.5 Å². The van der Waals surface area contributed by atoms with Gasteiger partial charge in [0.1, 0.15) is 17.7 Å². The van der Waals surface area contributed by atoms with E-state index < -0.39 is 0 Å². The van der Waals surface area contributed by atoms with Crippen LogP contribution in [0.3, 0.4) is 0 Å². The molecule has 1 aromatic heterocycles. The van der Waals surface area contributed by atoms with E-state index in [4.69, 9.17) is 14.5 Å². The van der Waals surface area contributed by atoms with E-state index >= 15 is 0 Å². The molecule has 4 heterocycles. The van der Waals surface area contributed by atoms with Crippen LogP contribution >= 0.6 is 0 Å². The van der Waals surface area contributed by atoms with Crippen LogP contribution in [0.4, 0.5) is 0 Å². The predicted octanol–water partition coefficient (Wildman–Crippen LogP) is 1.83. The Kier molecular flexibility index (Phi) is 5.97. The number of fused-ring (bicyclic) bond motifs is 1. The van der Waals surface area contributed by atoms with Gasteiger partial charge >= 0.3 is 0 Å². The molecule has 3 aliphatic heterocycles.